The molecule has 4 rings (SSSR count). The van der Waals surface area contributed by atoms with Crippen molar-refractivity contribution in [3.8, 4) is 11.9 Å². The van der Waals surface area contributed by atoms with Crippen LogP contribution in [0, 0.1) is 17.2 Å². The number of carbonyl (C=O) groups is 1. The van der Waals surface area contributed by atoms with Crippen LogP contribution in [0.15, 0.2) is 6.33 Å². The molecule has 2 aromatic rings. The monoisotopic (exact) mass is 444 g/mol. The Morgan fingerprint density at radius 2 is 2.06 bits per heavy atom. The normalized spacial score (nSPS) is 23.4. The minimum absolute atomic E-state index is 0.185. The minimum atomic E-state index is -0.554. The molecule has 0 spiro atoms. The first kappa shape index (κ1) is 23.6. The Balaban J connectivity index is 0.000000628. The topological polar surface area (TPSA) is 97.1 Å². The number of nitriles is 1. The van der Waals surface area contributed by atoms with E-state index in [4.69, 9.17) is 4.74 Å². The van der Waals surface area contributed by atoms with Crippen LogP contribution in [0.25, 0.3) is 10.2 Å². The fourth-order valence-corrected chi connectivity index (χ4v) is 5.67. The fourth-order valence-electron chi connectivity index (χ4n) is 4.44. The summed E-state index contributed by atoms with van der Waals surface area (Å²) in [6, 6.07) is 2.69. The van der Waals surface area contributed by atoms with E-state index in [2.05, 4.69) is 26.1 Å². The second-order valence-corrected chi connectivity index (χ2v) is 9.18. The first-order valence-corrected chi connectivity index (χ1v) is 11.9. The summed E-state index contributed by atoms with van der Waals surface area (Å²) in [4.78, 5) is 22.3. The number of aromatic nitrogens is 2. The molecule has 1 unspecified atom stereocenters. The van der Waals surface area contributed by atoms with Crippen molar-refractivity contribution >= 4 is 27.8 Å². The number of fused-ring (bicyclic) bond motifs is 3. The molecule has 1 fully saturated rings. The Morgan fingerprint density at radius 3 is 2.68 bits per heavy atom. The van der Waals surface area contributed by atoms with Gasteiger partial charge in [-0.05, 0) is 70.4 Å². The predicted molar refractivity (Wildman–Crippen MR) is 122 cm³/mol. The van der Waals surface area contributed by atoms with Gasteiger partial charge in [0.1, 0.15) is 29.5 Å². The largest absolute Gasteiger partial charge is 0.474 e. The molecule has 2 aliphatic carbocycles. The van der Waals surface area contributed by atoms with Crippen molar-refractivity contribution in [3.63, 3.8) is 0 Å². The highest BCUT2D eigenvalue weighted by Gasteiger charge is 2.32. The molecule has 0 bridgehead atoms. The third-order valence-corrected chi connectivity index (χ3v) is 7.39. The van der Waals surface area contributed by atoms with E-state index >= 15 is 0 Å². The summed E-state index contributed by atoms with van der Waals surface area (Å²) in [6.45, 7) is 2.78. The van der Waals surface area contributed by atoms with Crippen LogP contribution in [0.3, 0.4) is 0 Å². The van der Waals surface area contributed by atoms with Crippen molar-refractivity contribution in [2.24, 2.45) is 5.92 Å². The number of hydrogen-bond acceptors (Lipinski definition) is 8. The van der Waals surface area contributed by atoms with Crippen LogP contribution in [-0.2, 0) is 16.0 Å². The van der Waals surface area contributed by atoms with Crippen molar-refractivity contribution in [1.29, 1.82) is 5.26 Å². The van der Waals surface area contributed by atoms with Gasteiger partial charge in [0, 0.05) is 24.6 Å². The molecule has 7 nitrogen and oxygen atoms in total. The molecule has 2 aliphatic rings. The van der Waals surface area contributed by atoms with Gasteiger partial charge in [-0.25, -0.2) is 9.97 Å². The maximum absolute atomic E-state index is 11.1. The first-order valence-electron chi connectivity index (χ1n) is 11.1. The van der Waals surface area contributed by atoms with E-state index in [9.17, 15) is 10.1 Å². The maximum atomic E-state index is 11.1. The van der Waals surface area contributed by atoms with Crippen LogP contribution in [0.1, 0.15) is 61.8 Å². The summed E-state index contributed by atoms with van der Waals surface area (Å²) in [5.41, 5.74) is 1.22. The average molecular weight is 445 g/mol. The van der Waals surface area contributed by atoms with Crippen LogP contribution in [-0.4, -0.2) is 49.2 Å². The molecule has 2 aromatic heterocycles. The lowest BCUT2D eigenvalue weighted by Crippen LogP contribution is -2.34. The highest BCUT2D eigenvalue weighted by atomic mass is 32.1. The predicted octanol–water partition coefficient (Wildman–Crippen LogP) is 4.01. The average Bonchev–Trinajstić information content (AvgIpc) is 3.38. The summed E-state index contributed by atoms with van der Waals surface area (Å²) in [5.74, 6) is 0.329. The van der Waals surface area contributed by atoms with E-state index in [1.54, 1.807) is 24.8 Å². The summed E-state index contributed by atoms with van der Waals surface area (Å²) in [7, 11) is 3.70. The number of hydrogen-bond donors (Lipinski definition) is 1. The van der Waals surface area contributed by atoms with E-state index in [1.165, 1.54) is 10.4 Å². The van der Waals surface area contributed by atoms with Crippen molar-refractivity contribution < 1.29 is 14.3 Å². The molecule has 2 heterocycles. The minimum Gasteiger partial charge on any atom is -0.474 e. The van der Waals surface area contributed by atoms with Crippen LogP contribution in [0.4, 0.5) is 0 Å². The van der Waals surface area contributed by atoms with Crippen molar-refractivity contribution in [2.75, 3.05) is 20.8 Å². The van der Waals surface area contributed by atoms with Gasteiger partial charge in [-0.1, -0.05) is 0 Å². The van der Waals surface area contributed by atoms with Gasteiger partial charge in [0.05, 0.1) is 11.5 Å². The number of nitrogens with one attached hydrogen (secondary N) is 1. The lowest BCUT2D eigenvalue weighted by atomic mass is 9.91. The zero-order valence-electron chi connectivity index (χ0n) is 18.6. The van der Waals surface area contributed by atoms with E-state index in [-0.39, 0.29) is 12.0 Å². The number of aryl methyl sites for hydroxylation is 1. The van der Waals surface area contributed by atoms with Crippen molar-refractivity contribution in [3.05, 3.63) is 16.8 Å². The van der Waals surface area contributed by atoms with E-state index in [0.29, 0.717) is 18.3 Å². The molecular formula is C23H32N4O3S. The van der Waals surface area contributed by atoms with E-state index < -0.39 is 5.92 Å². The molecule has 0 amide bonds. The molecule has 2 atom stereocenters. The number of thiophene rings is 1. The summed E-state index contributed by atoms with van der Waals surface area (Å²) in [5, 5.41) is 13.5. The van der Waals surface area contributed by atoms with Crippen molar-refractivity contribution in [2.45, 2.75) is 69.9 Å². The highest BCUT2D eigenvalue weighted by Crippen LogP contribution is 2.48. The number of nitrogens with zero attached hydrogens (tertiary/aromatic N) is 3. The van der Waals surface area contributed by atoms with Crippen molar-refractivity contribution in [1.82, 2.24) is 15.3 Å². The zero-order chi connectivity index (χ0) is 22.2. The second kappa shape index (κ2) is 11.5. The smallest absolute Gasteiger partial charge is 0.225 e. The van der Waals surface area contributed by atoms with Gasteiger partial charge in [0.2, 0.25) is 5.88 Å². The maximum Gasteiger partial charge on any atom is 0.225 e. The number of rotatable bonds is 7. The molecule has 31 heavy (non-hydrogen) atoms. The fraction of sp³-hybridized carbons (Fsp3) is 0.652. The second-order valence-electron chi connectivity index (χ2n) is 8.10. The van der Waals surface area contributed by atoms with E-state index in [1.807, 2.05) is 14.0 Å². The van der Waals surface area contributed by atoms with Crippen LogP contribution in [0.5, 0.6) is 5.88 Å². The lowest BCUT2D eigenvalue weighted by molar-refractivity contribution is -0.110. The molecule has 8 heteroatoms. The Morgan fingerprint density at radius 1 is 1.32 bits per heavy atom. The van der Waals surface area contributed by atoms with Gasteiger partial charge in [0.25, 0.3) is 0 Å². The molecule has 1 N–H and O–H groups in total. The standard InChI is InChI=1S/C20H24N4O2S.C3H8O/c1-22-14-3-5-15(6-4-14)26-19-18-17-13(8-12(9-21)10-25)2-7-16(17)27-20(18)24-11-23-19;1-3-4-2/h10-15,22H,2-8H2,1H3;3H2,1-2H3/t12?,13-,14?,15?;/m1./s1. The van der Waals surface area contributed by atoms with Gasteiger partial charge in [-0.15, -0.1) is 11.3 Å². The molecule has 0 aliphatic heterocycles. The van der Waals surface area contributed by atoms with Gasteiger partial charge in [-0.3, -0.25) is 0 Å². The third kappa shape index (κ3) is 5.59. The summed E-state index contributed by atoms with van der Waals surface area (Å²) >= 11 is 1.70. The molecule has 0 saturated heterocycles. The SMILES string of the molecule is CCOC.CNC1CCC(Oc2ncnc3sc4c(c23)[C@@H](CC(C#N)C=O)CC4)CC1. The Kier molecular flexibility index (Phi) is 8.76. The number of carbonyl (C=O) groups excluding carboxylic acids is 1. The van der Waals surface area contributed by atoms with Crippen LogP contribution >= 0.6 is 11.3 Å². The summed E-state index contributed by atoms with van der Waals surface area (Å²) < 4.78 is 10.9. The van der Waals surface area contributed by atoms with E-state index in [0.717, 1.165) is 61.6 Å². The Bertz CT molecular complexity index is 900. The highest BCUT2D eigenvalue weighted by molar-refractivity contribution is 7.19. The van der Waals surface area contributed by atoms with Gasteiger partial charge < -0.3 is 19.6 Å². The Labute approximate surface area is 188 Å². The summed E-state index contributed by atoms with van der Waals surface area (Å²) in [6.07, 6.45) is 9.33. The molecular weight excluding hydrogens is 412 g/mol. The van der Waals surface area contributed by atoms with Gasteiger partial charge in [0.15, 0.2) is 0 Å². The third-order valence-electron chi connectivity index (χ3n) is 6.21. The van der Waals surface area contributed by atoms with Gasteiger partial charge in [-0.2, -0.15) is 5.26 Å². The first-order chi connectivity index (χ1) is 15.1. The number of methoxy groups -OCH3 is 1. The molecule has 0 radical (unpaired) electrons. The Hall–Kier alpha value is -2.08. The molecule has 1 saturated carbocycles. The lowest BCUT2D eigenvalue weighted by Gasteiger charge is -2.28. The van der Waals surface area contributed by atoms with Gasteiger partial charge >= 0.3 is 0 Å². The molecule has 168 valence electrons. The van der Waals surface area contributed by atoms with Crippen LogP contribution in [0.2, 0.25) is 0 Å². The zero-order valence-corrected chi connectivity index (χ0v) is 19.4. The molecule has 0 aromatic carbocycles. The number of ether oxygens (including phenoxy) is 2. The number of aldehydes is 1. The quantitative estimate of drug-likeness (QED) is 0.644. The van der Waals surface area contributed by atoms with Crippen LogP contribution < -0.4 is 10.1 Å².